The van der Waals surface area contributed by atoms with Crippen LogP contribution >= 0.6 is 0 Å². The van der Waals surface area contributed by atoms with Crippen molar-refractivity contribution < 1.29 is 4.79 Å². The van der Waals surface area contributed by atoms with Crippen LogP contribution in [0.1, 0.15) is 34.3 Å². The smallest absolute Gasteiger partial charge is 0.254 e. The number of nitrogens with two attached hydrogens (primary N) is 1. The molecule has 0 spiro atoms. The van der Waals surface area contributed by atoms with Gasteiger partial charge in [0.2, 0.25) is 0 Å². The van der Waals surface area contributed by atoms with E-state index in [1.165, 1.54) is 0 Å². The van der Waals surface area contributed by atoms with Gasteiger partial charge < -0.3 is 10.6 Å². The second-order valence-electron chi connectivity index (χ2n) is 4.90. The Kier molecular flexibility index (Phi) is 3.48. The number of hydrogen-bond donors (Lipinski definition) is 1. The molecule has 3 nitrogen and oxygen atoms in total. The Morgan fingerprint density at radius 3 is 2.88 bits per heavy atom. The lowest BCUT2D eigenvalue weighted by Crippen LogP contribution is -2.45. The van der Waals surface area contributed by atoms with Crippen molar-refractivity contribution in [2.75, 3.05) is 13.1 Å². The van der Waals surface area contributed by atoms with E-state index in [-0.39, 0.29) is 11.9 Å². The van der Waals surface area contributed by atoms with Crippen LogP contribution in [0.5, 0.6) is 0 Å². The van der Waals surface area contributed by atoms with Gasteiger partial charge in [-0.2, -0.15) is 0 Å². The lowest BCUT2D eigenvalue weighted by Gasteiger charge is -2.31. The van der Waals surface area contributed by atoms with Crippen LogP contribution in [0, 0.1) is 13.8 Å². The van der Waals surface area contributed by atoms with Crippen LogP contribution in [0.2, 0.25) is 0 Å². The van der Waals surface area contributed by atoms with Gasteiger partial charge in [-0.25, -0.2) is 0 Å². The number of hydrogen-bond acceptors (Lipinski definition) is 2. The van der Waals surface area contributed by atoms with Gasteiger partial charge in [-0.3, -0.25) is 4.79 Å². The summed E-state index contributed by atoms with van der Waals surface area (Å²) in [5.74, 6) is 0.126. The summed E-state index contributed by atoms with van der Waals surface area (Å²) in [6.07, 6.45) is 2.04. The maximum atomic E-state index is 12.4. The molecule has 1 fully saturated rings. The maximum Gasteiger partial charge on any atom is 0.254 e. The third-order valence-corrected chi connectivity index (χ3v) is 3.58. The number of amides is 1. The topological polar surface area (TPSA) is 46.3 Å². The first-order chi connectivity index (χ1) is 8.09. The first-order valence-corrected chi connectivity index (χ1v) is 6.20. The Labute approximate surface area is 103 Å². The normalized spacial score (nSPS) is 20.4. The number of rotatable bonds is 1. The average molecular weight is 232 g/mol. The lowest BCUT2D eigenvalue weighted by molar-refractivity contribution is 0.0708. The van der Waals surface area contributed by atoms with Gasteiger partial charge in [-0.05, 0) is 43.9 Å². The minimum Gasteiger partial charge on any atom is -0.337 e. The Bertz CT molecular complexity index is 428. The molecule has 1 aromatic carbocycles. The molecule has 1 amide bonds. The molecule has 1 aromatic rings. The number of carbonyl (C=O) groups excluding carboxylic acids is 1. The van der Waals surface area contributed by atoms with Gasteiger partial charge in [0.1, 0.15) is 0 Å². The largest absolute Gasteiger partial charge is 0.337 e. The fourth-order valence-electron chi connectivity index (χ4n) is 2.35. The van der Waals surface area contributed by atoms with Gasteiger partial charge in [0.05, 0.1) is 0 Å². The fourth-order valence-corrected chi connectivity index (χ4v) is 2.35. The molecule has 1 saturated heterocycles. The van der Waals surface area contributed by atoms with E-state index in [1.54, 1.807) is 0 Å². The van der Waals surface area contributed by atoms with Crippen LogP contribution in [0.3, 0.4) is 0 Å². The predicted molar refractivity (Wildman–Crippen MR) is 69.0 cm³/mol. The van der Waals surface area contributed by atoms with E-state index in [4.69, 9.17) is 5.73 Å². The zero-order valence-electron chi connectivity index (χ0n) is 10.6. The van der Waals surface area contributed by atoms with Crippen LogP contribution in [0.15, 0.2) is 18.2 Å². The zero-order valence-corrected chi connectivity index (χ0v) is 10.6. The summed E-state index contributed by atoms with van der Waals surface area (Å²) in [4.78, 5) is 14.3. The minimum atomic E-state index is 0.126. The van der Waals surface area contributed by atoms with Crippen LogP contribution in [-0.2, 0) is 0 Å². The molecule has 2 rings (SSSR count). The van der Waals surface area contributed by atoms with Gasteiger partial charge in [0.25, 0.3) is 5.91 Å². The maximum absolute atomic E-state index is 12.4. The summed E-state index contributed by atoms with van der Waals surface area (Å²) in [5, 5.41) is 0. The molecule has 2 N–H and O–H groups in total. The van der Waals surface area contributed by atoms with Gasteiger partial charge in [-0.15, -0.1) is 0 Å². The number of benzene rings is 1. The van der Waals surface area contributed by atoms with Crippen LogP contribution in [-0.4, -0.2) is 29.9 Å². The molecular weight excluding hydrogens is 212 g/mol. The Morgan fingerprint density at radius 2 is 2.18 bits per heavy atom. The summed E-state index contributed by atoms with van der Waals surface area (Å²) >= 11 is 0. The van der Waals surface area contributed by atoms with E-state index in [1.807, 2.05) is 36.9 Å². The van der Waals surface area contributed by atoms with E-state index < -0.39 is 0 Å². The van der Waals surface area contributed by atoms with Crippen molar-refractivity contribution in [2.24, 2.45) is 5.73 Å². The fraction of sp³-hybridized carbons (Fsp3) is 0.500. The number of aryl methyl sites for hydroxylation is 1. The molecule has 0 aliphatic carbocycles. The van der Waals surface area contributed by atoms with Crippen molar-refractivity contribution in [3.63, 3.8) is 0 Å². The quantitative estimate of drug-likeness (QED) is 0.803. The van der Waals surface area contributed by atoms with E-state index in [0.29, 0.717) is 6.54 Å². The molecule has 0 radical (unpaired) electrons. The third kappa shape index (κ3) is 2.50. The first kappa shape index (κ1) is 12.1. The van der Waals surface area contributed by atoms with Crippen molar-refractivity contribution in [2.45, 2.75) is 32.7 Å². The second kappa shape index (κ2) is 4.88. The standard InChI is InChI=1S/C14H20N2O/c1-10-5-3-7-13(11(10)2)14(17)16-8-4-6-12(15)9-16/h3,5,7,12H,4,6,8-9,15H2,1-2H3. The van der Waals surface area contributed by atoms with E-state index in [9.17, 15) is 4.79 Å². The summed E-state index contributed by atoms with van der Waals surface area (Å²) in [6, 6.07) is 6.02. The van der Waals surface area contributed by atoms with Gasteiger partial charge in [0.15, 0.2) is 0 Å². The second-order valence-corrected chi connectivity index (χ2v) is 4.90. The van der Waals surface area contributed by atoms with Crippen molar-refractivity contribution in [3.8, 4) is 0 Å². The highest BCUT2D eigenvalue weighted by molar-refractivity contribution is 5.96. The lowest BCUT2D eigenvalue weighted by atomic mass is 10.0. The predicted octanol–water partition coefficient (Wildman–Crippen LogP) is 1.87. The molecule has 1 aliphatic rings. The summed E-state index contributed by atoms with van der Waals surface area (Å²) in [5.41, 5.74) is 8.98. The monoisotopic (exact) mass is 232 g/mol. The minimum absolute atomic E-state index is 0.126. The van der Waals surface area contributed by atoms with E-state index in [2.05, 4.69) is 0 Å². The highest BCUT2D eigenvalue weighted by Gasteiger charge is 2.23. The Hall–Kier alpha value is -1.35. The van der Waals surface area contributed by atoms with Crippen molar-refractivity contribution in [3.05, 3.63) is 34.9 Å². The van der Waals surface area contributed by atoms with E-state index in [0.717, 1.165) is 36.1 Å². The molecule has 1 heterocycles. The molecule has 0 aromatic heterocycles. The third-order valence-electron chi connectivity index (χ3n) is 3.58. The molecule has 1 unspecified atom stereocenters. The van der Waals surface area contributed by atoms with Gasteiger partial charge in [0, 0.05) is 24.7 Å². The molecule has 0 saturated carbocycles. The van der Waals surface area contributed by atoms with Gasteiger partial charge in [-0.1, -0.05) is 12.1 Å². The van der Waals surface area contributed by atoms with Crippen LogP contribution < -0.4 is 5.73 Å². The number of nitrogens with zero attached hydrogens (tertiary/aromatic N) is 1. The molecular formula is C14H20N2O. The van der Waals surface area contributed by atoms with Crippen molar-refractivity contribution in [1.82, 2.24) is 4.90 Å². The summed E-state index contributed by atoms with van der Waals surface area (Å²) in [6.45, 7) is 5.56. The Morgan fingerprint density at radius 1 is 1.41 bits per heavy atom. The average Bonchev–Trinajstić information content (AvgIpc) is 2.32. The molecule has 1 atom stereocenters. The summed E-state index contributed by atoms with van der Waals surface area (Å²) in [7, 11) is 0. The molecule has 3 heteroatoms. The molecule has 92 valence electrons. The summed E-state index contributed by atoms with van der Waals surface area (Å²) < 4.78 is 0. The van der Waals surface area contributed by atoms with Crippen molar-refractivity contribution >= 4 is 5.91 Å². The first-order valence-electron chi connectivity index (χ1n) is 6.20. The molecule has 1 aliphatic heterocycles. The number of carbonyl (C=O) groups is 1. The number of piperidine rings is 1. The van der Waals surface area contributed by atoms with Crippen LogP contribution in [0.25, 0.3) is 0 Å². The Balaban J connectivity index is 2.22. The molecule has 0 bridgehead atoms. The van der Waals surface area contributed by atoms with Crippen LogP contribution in [0.4, 0.5) is 0 Å². The van der Waals surface area contributed by atoms with Gasteiger partial charge >= 0.3 is 0 Å². The van der Waals surface area contributed by atoms with E-state index >= 15 is 0 Å². The highest BCUT2D eigenvalue weighted by atomic mass is 16.2. The molecule has 17 heavy (non-hydrogen) atoms. The van der Waals surface area contributed by atoms with Crippen molar-refractivity contribution in [1.29, 1.82) is 0 Å². The number of likely N-dealkylation sites (tertiary alicyclic amines) is 1. The highest BCUT2D eigenvalue weighted by Crippen LogP contribution is 2.17. The SMILES string of the molecule is Cc1cccc(C(=O)N2CCCC(N)C2)c1C. The zero-order chi connectivity index (χ0) is 12.4.